The first kappa shape index (κ1) is 18.2. The first-order chi connectivity index (χ1) is 12.2. The lowest BCUT2D eigenvalue weighted by Crippen LogP contribution is -2.44. The topological polar surface area (TPSA) is 45.7 Å². The Hall–Kier alpha value is -1.55. The van der Waals surface area contributed by atoms with Crippen LogP contribution in [0.2, 0.25) is 0 Å². The molecule has 138 valence electrons. The molecule has 0 amide bonds. The zero-order valence-electron chi connectivity index (χ0n) is 15.8. The van der Waals surface area contributed by atoms with Gasteiger partial charge in [0, 0.05) is 31.2 Å². The smallest absolute Gasteiger partial charge is 0.191 e. The van der Waals surface area contributed by atoms with Crippen LogP contribution in [0.1, 0.15) is 56.6 Å². The van der Waals surface area contributed by atoms with Crippen molar-refractivity contribution < 1.29 is 4.74 Å². The number of hydrogen-bond donors (Lipinski definition) is 2. The van der Waals surface area contributed by atoms with E-state index in [1.165, 1.54) is 36.8 Å². The molecule has 4 nitrogen and oxygen atoms in total. The van der Waals surface area contributed by atoms with Crippen LogP contribution in [0.5, 0.6) is 0 Å². The molecule has 1 aromatic carbocycles. The Labute approximate surface area is 152 Å². The monoisotopic (exact) mass is 343 g/mol. The fourth-order valence-electron chi connectivity index (χ4n) is 4.26. The van der Waals surface area contributed by atoms with Gasteiger partial charge in [-0.3, -0.25) is 4.99 Å². The van der Waals surface area contributed by atoms with E-state index in [4.69, 9.17) is 9.73 Å². The number of aliphatic imine (C=N–C) groups is 1. The first-order valence-electron chi connectivity index (χ1n) is 9.92. The molecule has 3 rings (SSSR count). The second kappa shape index (κ2) is 8.70. The SMILES string of the molecule is CCNC(=NCC1(c2ccccc2C)CCOCC1)NC1CCCC1. The molecule has 2 aliphatic rings. The van der Waals surface area contributed by atoms with Crippen molar-refractivity contribution in [2.24, 2.45) is 4.99 Å². The summed E-state index contributed by atoms with van der Waals surface area (Å²) in [4.78, 5) is 5.03. The third-order valence-corrected chi connectivity index (χ3v) is 5.75. The number of guanidine groups is 1. The summed E-state index contributed by atoms with van der Waals surface area (Å²) in [6.07, 6.45) is 7.29. The molecule has 2 fully saturated rings. The Kier molecular flexibility index (Phi) is 6.35. The molecule has 4 heteroatoms. The first-order valence-corrected chi connectivity index (χ1v) is 9.92. The summed E-state index contributed by atoms with van der Waals surface area (Å²) in [5.41, 5.74) is 2.91. The maximum absolute atomic E-state index is 5.67. The lowest BCUT2D eigenvalue weighted by molar-refractivity contribution is 0.0529. The van der Waals surface area contributed by atoms with Gasteiger partial charge >= 0.3 is 0 Å². The average molecular weight is 344 g/mol. The van der Waals surface area contributed by atoms with E-state index in [1.54, 1.807) is 0 Å². The van der Waals surface area contributed by atoms with Crippen LogP contribution >= 0.6 is 0 Å². The van der Waals surface area contributed by atoms with E-state index < -0.39 is 0 Å². The Morgan fingerprint density at radius 2 is 1.92 bits per heavy atom. The maximum Gasteiger partial charge on any atom is 0.191 e. The van der Waals surface area contributed by atoms with Gasteiger partial charge in [0.25, 0.3) is 0 Å². The van der Waals surface area contributed by atoms with Crippen LogP contribution < -0.4 is 10.6 Å². The summed E-state index contributed by atoms with van der Waals surface area (Å²) in [6, 6.07) is 9.37. The Morgan fingerprint density at radius 1 is 1.20 bits per heavy atom. The van der Waals surface area contributed by atoms with Gasteiger partial charge in [0.1, 0.15) is 0 Å². The molecule has 0 aromatic heterocycles. The fourth-order valence-corrected chi connectivity index (χ4v) is 4.26. The van der Waals surface area contributed by atoms with Crippen molar-refractivity contribution >= 4 is 5.96 Å². The van der Waals surface area contributed by atoms with Gasteiger partial charge in [-0.05, 0) is 50.7 Å². The number of rotatable bonds is 5. The minimum absolute atomic E-state index is 0.0988. The highest BCUT2D eigenvalue weighted by molar-refractivity contribution is 5.80. The van der Waals surface area contributed by atoms with Gasteiger partial charge in [-0.15, -0.1) is 0 Å². The second-order valence-corrected chi connectivity index (χ2v) is 7.53. The lowest BCUT2D eigenvalue weighted by Gasteiger charge is -2.37. The molecule has 0 unspecified atom stereocenters. The van der Waals surface area contributed by atoms with Crippen LogP contribution in [0.15, 0.2) is 29.3 Å². The Balaban J connectivity index is 1.79. The van der Waals surface area contributed by atoms with Crippen molar-refractivity contribution in [1.29, 1.82) is 0 Å². The quantitative estimate of drug-likeness (QED) is 0.635. The number of ether oxygens (including phenoxy) is 1. The highest BCUT2D eigenvalue weighted by Gasteiger charge is 2.35. The zero-order chi connectivity index (χ0) is 17.5. The molecule has 0 bridgehead atoms. The second-order valence-electron chi connectivity index (χ2n) is 7.53. The number of aryl methyl sites for hydroxylation is 1. The molecular formula is C21H33N3O. The minimum Gasteiger partial charge on any atom is -0.381 e. The molecule has 0 atom stereocenters. The average Bonchev–Trinajstić information content (AvgIpc) is 3.14. The van der Waals surface area contributed by atoms with Crippen molar-refractivity contribution in [1.82, 2.24) is 10.6 Å². The van der Waals surface area contributed by atoms with Gasteiger partial charge in [0.05, 0.1) is 6.54 Å². The van der Waals surface area contributed by atoms with Crippen molar-refractivity contribution in [3.63, 3.8) is 0 Å². The summed E-state index contributed by atoms with van der Waals surface area (Å²) < 4.78 is 5.67. The van der Waals surface area contributed by atoms with E-state index in [2.05, 4.69) is 48.7 Å². The number of nitrogens with one attached hydrogen (secondary N) is 2. The summed E-state index contributed by atoms with van der Waals surface area (Å²) in [6.45, 7) is 7.74. The molecule has 1 saturated heterocycles. The maximum atomic E-state index is 5.67. The third kappa shape index (κ3) is 4.55. The summed E-state index contributed by atoms with van der Waals surface area (Å²) in [5, 5.41) is 7.09. The largest absolute Gasteiger partial charge is 0.381 e. The van der Waals surface area contributed by atoms with Gasteiger partial charge in [0.15, 0.2) is 5.96 Å². The highest BCUT2D eigenvalue weighted by Crippen LogP contribution is 2.37. The van der Waals surface area contributed by atoms with Crippen molar-refractivity contribution in [2.75, 3.05) is 26.3 Å². The fraction of sp³-hybridized carbons (Fsp3) is 0.667. The Morgan fingerprint density at radius 3 is 2.60 bits per heavy atom. The highest BCUT2D eigenvalue weighted by atomic mass is 16.5. The number of hydrogen-bond acceptors (Lipinski definition) is 2. The van der Waals surface area contributed by atoms with E-state index in [9.17, 15) is 0 Å². The van der Waals surface area contributed by atoms with Gasteiger partial charge in [-0.2, -0.15) is 0 Å². The molecule has 1 aromatic rings. The van der Waals surface area contributed by atoms with Gasteiger partial charge < -0.3 is 15.4 Å². The molecule has 1 heterocycles. The molecular weight excluding hydrogens is 310 g/mol. The van der Waals surface area contributed by atoms with Crippen LogP contribution in [0, 0.1) is 6.92 Å². The molecule has 0 spiro atoms. The lowest BCUT2D eigenvalue weighted by atomic mass is 9.72. The van der Waals surface area contributed by atoms with Crippen molar-refractivity contribution in [3.8, 4) is 0 Å². The predicted octanol–water partition coefficient (Wildman–Crippen LogP) is 3.54. The van der Waals surface area contributed by atoms with Crippen molar-refractivity contribution in [3.05, 3.63) is 35.4 Å². The van der Waals surface area contributed by atoms with E-state index in [1.807, 2.05) is 0 Å². The van der Waals surface area contributed by atoms with E-state index in [0.29, 0.717) is 6.04 Å². The van der Waals surface area contributed by atoms with Gasteiger partial charge in [-0.1, -0.05) is 37.1 Å². The Bertz CT molecular complexity index is 572. The summed E-state index contributed by atoms with van der Waals surface area (Å²) >= 11 is 0. The van der Waals surface area contributed by atoms with Crippen LogP contribution in [0.25, 0.3) is 0 Å². The zero-order valence-corrected chi connectivity index (χ0v) is 15.8. The summed E-state index contributed by atoms with van der Waals surface area (Å²) in [5.74, 6) is 0.980. The van der Waals surface area contributed by atoms with E-state index in [0.717, 1.165) is 45.1 Å². The normalized spacial score (nSPS) is 21.3. The van der Waals surface area contributed by atoms with Gasteiger partial charge in [0.2, 0.25) is 0 Å². The number of nitrogens with zero attached hydrogens (tertiary/aromatic N) is 1. The van der Waals surface area contributed by atoms with Crippen LogP contribution in [-0.2, 0) is 10.2 Å². The number of benzene rings is 1. The van der Waals surface area contributed by atoms with E-state index >= 15 is 0 Å². The van der Waals surface area contributed by atoms with E-state index in [-0.39, 0.29) is 5.41 Å². The molecule has 1 aliphatic heterocycles. The van der Waals surface area contributed by atoms with Crippen LogP contribution in [0.4, 0.5) is 0 Å². The third-order valence-electron chi connectivity index (χ3n) is 5.75. The molecule has 25 heavy (non-hydrogen) atoms. The molecule has 1 saturated carbocycles. The molecule has 1 aliphatic carbocycles. The predicted molar refractivity (Wildman–Crippen MR) is 104 cm³/mol. The molecule has 2 N–H and O–H groups in total. The minimum atomic E-state index is 0.0988. The summed E-state index contributed by atoms with van der Waals surface area (Å²) in [7, 11) is 0. The molecule has 0 radical (unpaired) electrons. The van der Waals surface area contributed by atoms with Crippen molar-refractivity contribution in [2.45, 2.75) is 63.8 Å². The van der Waals surface area contributed by atoms with Crippen LogP contribution in [0.3, 0.4) is 0 Å². The van der Waals surface area contributed by atoms with Gasteiger partial charge in [-0.25, -0.2) is 0 Å². The standard InChI is InChI=1S/C21H33N3O/c1-3-22-20(24-18-9-5-6-10-18)23-16-21(12-14-25-15-13-21)19-11-7-4-8-17(19)2/h4,7-8,11,18H,3,5-6,9-10,12-16H2,1-2H3,(H2,22,23,24). The van der Waals surface area contributed by atoms with Crippen LogP contribution in [-0.4, -0.2) is 38.3 Å².